The van der Waals surface area contributed by atoms with Crippen LogP contribution in [-0.2, 0) is 16.6 Å². The molecule has 0 N–H and O–H groups in total. The predicted molar refractivity (Wildman–Crippen MR) is 84.7 cm³/mol. The lowest BCUT2D eigenvalue weighted by Crippen LogP contribution is -2.48. The molecule has 0 aliphatic carbocycles. The largest absolute Gasteiger partial charge is 0.295 e. The maximum Gasteiger partial charge on any atom is 0.246 e. The number of hydrogen-bond acceptors (Lipinski definition) is 4. The number of aromatic nitrogens is 1. The Morgan fingerprint density at radius 2 is 1.70 bits per heavy atom. The minimum atomic E-state index is -3.77. The van der Waals surface area contributed by atoms with Gasteiger partial charge in [0.25, 0.3) is 0 Å². The van der Waals surface area contributed by atoms with Crippen molar-refractivity contribution >= 4 is 10.0 Å². The number of halogens is 1. The van der Waals surface area contributed by atoms with Gasteiger partial charge >= 0.3 is 0 Å². The molecule has 1 saturated heterocycles. The Morgan fingerprint density at radius 3 is 2.35 bits per heavy atom. The highest BCUT2D eigenvalue weighted by molar-refractivity contribution is 7.89. The highest BCUT2D eigenvalue weighted by Crippen LogP contribution is 2.20. The molecule has 2 heterocycles. The predicted octanol–water partition coefficient (Wildman–Crippen LogP) is 1.73. The lowest BCUT2D eigenvalue weighted by Gasteiger charge is -2.33. The molecule has 7 heteroatoms. The zero-order valence-corrected chi connectivity index (χ0v) is 13.4. The van der Waals surface area contributed by atoms with Gasteiger partial charge in [0, 0.05) is 38.9 Å². The molecule has 1 fully saturated rings. The van der Waals surface area contributed by atoms with Crippen LogP contribution in [0.5, 0.6) is 0 Å². The fraction of sp³-hybridized carbons (Fsp3) is 0.312. The maximum absolute atomic E-state index is 13.8. The van der Waals surface area contributed by atoms with Gasteiger partial charge in [-0.25, -0.2) is 12.8 Å². The molecular formula is C16H18FN3O2S. The molecule has 0 saturated carbocycles. The fourth-order valence-electron chi connectivity index (χ4n) is 2.64. The van der Waals surface area contributed by atoms with Crippen LogP contribution in [0.15, 0.2) is 53.6 Å². The van der Waals surface area contributed by atoms with Gasteiger partial charge < -0.3 is 0 Å². The van der Waals surface area contributed by atoms with Gasteiger partial charge in [0.1, 0.15) is 10.7 Å². The molecule has 0 atom stereocenters. The molecule has 5 nitrogen and oxygen atoms in total. The van der Waals surface area contributed by atoms with Crippen molar-refractivity contribution in [3.8, 4) is 0 Å². The highest BCUT2D eigenvalue weighted by Gasteiger charge is 2.30. The molecule has 2 aromatic rings. The third-order valence-corrected chi connectivity index (χ3v) is 5.83. The second-order valence-electron chi connectivity index (χ2n) is 5.43. The van der Waals surface area contributed by atoms with Gasteiger partial charge in [-0.15, -0.1) is 0 Å². The Morgan fingerprint density at radius 1 is 1.00 bits per heavy atom. The number of nitrogens with zero attached hydrogens (tertiary/aromatic N) is 3. The Hall–Kier alpha value is -1.83. The van der Waals surface area contributed by atoms with Crippen LogP contribution >= 0.6 is 0 Å². The third-order valence-electron chi connectivity index (χ3n) is 3.90. The van der Waals surface area contributed by atoms with Gasteiger partial charge in [0.2, 0.25) is 10.0 Å². The second-order valence-corrected chi connectivity index (χ2v) is 7.34. The van der Waals surface area contributed by atoms with Crippen molar-refractivity contribution in [3.63, 3.8) is 0 Å². The molecule has 0 unspecified atom stereocenters. The summed E-state index contributed by atoms with van der Waals surface area (Å²) in [6.45, 7) is 2.59. The average Bonchev–Trinajstić information content (AvgIpc) is 2.56. The quantitative estimate of drug-likeness (QED) is 0.854. The maximum atomic E-state index is 13.8. The van der Waals surface area contributed by atoms with E-state index in [4.69, 9.17) is 0 Å². The van der Waals surface area contributed by atoms with Crippen LogP contribution in [0.3, 0.4) is 0 Å². The summed E-state index contributed by atoms with van der Waals surface area (Å²) in [6.07, 6.45) is 1.74. The minimum Gasteiger partial charge on any atom is -0.295 e. The molecule has 0 amide bonds. The summed E-state index contributed by atoms with van der Waals surface area (Å²) < 4.78 is 40.2. The van der Waals surface area contributed by atoms with Gasteiger partial charge in [-0.1, -0.05) is 18.2 Å². The van der Waals surface area contributed by atoms with Crippen LogP contribution in [-0.4, -0.2) is 48.8 Å². The molecule has 0 radical (unpaired) electrons. The molecule has 1 aliphatic heterocycles. The number of rotatable bonds is 4. The van der Waals surface area contributed by atoms with Crippen LogP contribution in [0.4, 0.5) is 4.39 Å². The van der Waals surface area contributed by atoms with Crippen LogP contribution in [0.2, 0.25) is 0 Å². The fourth-order valence-corrected chi connectivity index (χ4v) is 4.13. The zero-order valence-electron chi connectivity index (χ0n) is 12.6. The average molecular weight is 335 g/mol. The number of piperazine rings is 1. The molecule has 23 heavy (non-hydrogen) atoms. The van der Waals surface area contributed by atoms with Crippen molar-refractivity contribution in [1.82, 2.24) is 14.2 Å². The molecule has 3 rings (SSSR count). The zero-order chi connectivity index (χ0) is 16.3. The van der Waals surface area contributed by atoms with E-state index in [2.05, 4.69) is 9.88 Å². The first kappa shape index (κ1) is 16.0. The summed E-state index contributed by atoms with van der Waals surface area (Å²) in [4.78, 5) is 6.17. The van der Waals surface area contributed by atoms with Gasteiger partial charge in [-0.2, -0.15) is 4.31 Å². The van der Waals surface area contributed by atoms with Crippen molar-refractivity contribution in [3.05, 3.63) is 60.2 Å². The van der Waals surface area contributed by atoms with Crippen molar-refractivity contribution in [2.45, 2.75) is 11.4 Å². The smallest absolute Gasteiger partial charge is 0.246 e. The molecule has 0 bridgehead atoms. The van der Waals surface area contributed by atoms with Crippen molar-refractivity contribution < 1.29 is 12.8 Å². The lowest BCUT2D eigenvalue weighted by molar-refractivity contribution is 0.179. The number of hydrogen-bond donors (Lipinski definition) is 0. The van der Waals surface area contributed by atoms with Gasteiger partial charge in [0.05, 0.1) is 5.69 Å². The van der Waals surface area contributed by atoms with E-state index in [9.17, 15) is 12.8 Å². The molecule has 0 spiro atoms. The van der Waals surface area contributed by atoms with Crippen LogP contribution < -0.4 is 0 Å². The summed E-state index contributed by atoms with van der Waals surface area (Å²) >= 11 is 0. The van der Waals surface area contributed by atoms with Crippen molar-refractivity contribution in [2.75, 3.05) is 26.2 Å². The van der Waals surface area contributed by atoms with Gasteiger partial charge in [-0.3, -0.25) is 9.88 Å². The molecule has 1 aromatic carbocycles. The SMILES string of the molecule is O=S(=O)(c1ccccc1F)N1CCN(Cc2ccccn2)CC1. The first-order valence-electron chi connectivity index (χ1n) is 7.44. The number of benzene rings is 1. The molecule has 122 valence electrons. The normalized spacial score (nSPS) is 17.3. The molecular weight excluding hydrogens is 317 g/mol. The van der Waals surface area contributed by atoms with E-state index < -0.39 is 15.8 Å². The summed E-state index contributed by atoms with van der Waals surface area (Å²) in [5.41, 5.74) is 0.956. The van der Waals surface area contributed by atoms with E-state index in [0.29, 0.717) is 32.7 Å². The first-order chi connectivity index (χ1) is 11.1. The standard InChI is InChI=1S/C16H18FN3O2S/c17-15-6-1-2-7-16(15)23(21,22)20-11-9-19(10-12-20)13-14-5-3-4-8-18-14/h1-8H,9-13H2. The highest BCUT2D eigenvalue weighted by atomic mass is 32.2. The van der Waals surface area contributed by atoms with Gasteiger partial charge in [-0.05, 0) is 24.3 Å². The van der Waals surface area contributed by atoms with Crippen molar-refractivity contribution in [1.29, 1.82) is 0 Å². The number of sulfonamides is 1. The van der Waals surface area contributed by atoms with E-state index in [1.807, 2.05) is 18.2 Å². The van der Waals surface area contributed by atoms with E-state index in [1.54, 1.807) is 6.20 Å². The third kappa shape index (κ3) is 3.57. The number of pyridine rings is 1. The van der Waals surface area contributed by atoms with E-state index in [1.165, 1.54) is 28.6 Å². The summed E-state index contributed by atoms with van der Waals surface area (Å²) in [5, 5.41) is 0. The van der Waals surface area contributed by atoms with E-state index >= 15 is 0 Å². The van der Waals surface area contributed by atoms with Gasteiger partial charge in [0.15, 0.2) is 0 Å². The summed E-state index contributed by atoms with van der Waals surface area (Å²) in [7, 11) is -3.77. The van der Waals surface area contributed by atoms with Crippen molar-refractivity contribution in [2.24, 2.45) is 0 Å². The summed E-state index contributed by atoms with van der Waals surface area (Å²) in [5.74, 6) is -0.705. The molecule has 1 aliphatic rings. The first-order valence-corrected chi connectivity index (χ1v) is 8.88. The topological polar surface area (TPSA) is 53.5 Å². The Labute approximate surface area is 135 Å². The van der Waals surface area contributed by atoms with Crippen LogP contribution in [0.1, 0.15) is 5.69 Å². The molecule has 1 aromatic heterocycles. The Bertz CT molecular complexity index is 760. The van der Waals surface area contributed by atoms with E-state index in [0.717, 1.165) is 5.69 Å². The van der Waals surface area contributed by atoms with Crippen LogP contribution in [0.25, 0.3) is 0 Å². The lowest BCUT2D eigenvalue weighted by atomic mass is 10.3. The van der Waals surface area contributed by atoms with E-state index in [-0.39, 0.29) is 4.90 Å². The minimum absolute atomic E-state index is 0.252. The monoisotopic (exact) mass is 335 g/mol. The Balaban J connectivity index is 1.66. The van der Waals surface area contributed by atoms with Crippen LogP contribution in [0, 0.1) is 5.82 Å². The Kier molecular flexibility index (Phi) is 4.70. The summed E-state index contributed by atoms with van der Waals surface area (Å²) in [6, 6.07) is 11.2. The second kappa shape index (κ2) is 6.74.